The van der Waals surface area contributed by atoms with Crippen LogP contribution in [0.4, 0.5) is 4.79 Å². The summed E-state index contributed by atoms with van der Waals surface area (Å²) in [6, 6.07) is 10.0. The summed E-state index contributed by atoms with van der Waals surface area (Å²) in [4.78, 5) is 22.9. The predicted molar refractivity (Wildman–Crippen MR) is 83.8 cm³/mol. The van der Waals surface area contributed by atoms with Gasteiger partial charge < -0.3 is 5.32 Å². The predicted octanol–water partition coefficient (Wildman–Crippen LogP) is 2.69. The van der Waals surface area contributed by atoms with Gasteiger partial charge in [0.1, 0.15) is 0 Å². The Balaban J connectivity index is 2.23. The Morgan fingerprint density at radius 2 is 1.71 bits per heavy atom. The molecule has 1 saturated heterocycles. The fourth-order valence-electron chi connectivity index (χ4n) is 2.16. The minimum absolute atomic E-state index is 0.0300. The highest BCUT2D eigenvalue weighted by Gasteiger charge is 2.42. The molecular weight excluding hydrogens is 378 g/mol. The Morgan fingerprint density at radius 1 is 1.05 bits per heavy atom. The third kappa shape index (κ3) is 2.37. The molecule has 0 radical (unpaired) electrons. The first-order chi connectivity index (χ1) is 9.91. The molecule has 5 nitrogen and oxygen atoms in total. The van der Waals surface area contributed by atoms with Crippen LogP contribution in [0.1, 0.15) is 0 Å². The molecule has 1 amide bonds. The first-order valence-corrected chi connectivity index (χ1v) is 9.00. The van der Waals surface area contributed by atoms with E-state index in [0.29, 0.717) is 17.1 Å². The van der Waals surface area contributed by atoms with Crippen LogP contribution in [0.25, 0.3) is 10.8 Å². The molecule has 0 spiro atoms. The Morgan fingerprint density at radius 3 is 2.38 bits per heavy atom. The number of halogens is 1. The van der Waals surface area contributed by atoms with Gasteiger partial charge in [0, 0.05) is 21.6 Å². The number of sulfone groups is 1. The third-order valence-electron chi connectivity index (χ3n) is 3.10. The number of rotatable bonds is 2. The molecule has 2 aromatic carbocycles. The SMILES string of the molecule is O=C1NC(S(=O)(=O)c2cccc3c(Br)cccc23)C(=O)S1. The monoisotopic (exact) mass is 385 g/mol. The van der Waals surface area contributed by atoms with Crippen LogP contribution >= 0.6 is 27.7 Å². The second-order valence-corrected chi connectivity index (χ2v) is 8.20. The molecule has 0 saturated carbocycles. The zero-order valence-electron chi connectivity index (χ0n) is 10.4. The van der Waals surface area contributed by atoms with Gasteiger partial charge in [-0.15, -0.1) is 0 Å². The number of amides is 1. The molecule has 3 rings (SSSR count). The van der Waals surface area contributed by atoms with Gasteiger partial charge >= 0.3 is 0 Å². The van der Waals surface area contributed by atoms with E-state index in [0.717, 1.165) is 9.86 Å². The fraction of sp³-hybridized carbons (Fsp3) is 0.0769. The number of thioether (sulfide) groups is 1. The van der Waals surface area contributed by atoms with Gasteiger partial charge in [0.15, 0.2) is 0 Å². The average molecular weight is 386 g/mol. The van der Waals surface area contributed by atoms with Crippen LogP contribution in [0, 0.1) is 0 Å². The number of nitrogens with one attached hydrogen (secondary N) is 1. The highest BCUT2D eigenvalue weighted by atomic mass is 79.9. The maximum Gasteiger partial charge on any atom is 0.288 e. The van der Waals surface area contributed by atoms with Gasteiger partial charge in [0.2, 0.25) is 20.3 Å². The van der Waals surface area contributed by atoms with Crippen molar-refractivity contribution in [1.29, 1.82) is 0 Å². The minimum atomic E-state index is -3.99. The van der Waals surface area contributed by atoms with Gasteiger partial charge in [-0.05, 0) is 17.5 Å². The van der Waals surface area contributed by atoms with E-state index < -0.39 is 25.6 Å². The van der Waals surface area contributed by atoms with Crippen molar-refractivity contribution in [1.82, 2.24) is 5.32 Å². The van der Waals surface area contributed by atoms with Crippen molar-refractivity contribution in [3.63, 3.8) is 0 Å². The summed E-state index contributed by atoms with van der Waals surface area (Å²) in [5, 5.41) is 0.553. The third-order valence-corrected chi connectivity index (χ3v) is 6.60. The zero-order valence-corrected chi connectivity index (χ0v) is 13.6. The number of carbonyl (C=O) groups is 2. The van der Waals surface area contributed by atoms with E-state index in [1.54, 1.807) is 30.3 Å². The molecule has 0 bridgehead atoms. The highest BCUT2D eigenvalue weighted by Crippen LogP contribution is 2.32. The largest absolute Gasteiger partial charge is 0.323 e. The van der Waals surface area contributed by atoms with E-state index in [-0.39, 0.29) is 4.90 Å². The first kappa shape index (κ1) is 14.6. The Labute approximate surface area is 133 Å². The van der Waals surface area contributed by atoms with Gasteiger partial charge in [-0.25, -0.2) is 8.42 Å². The molecule has 1 unspecified atom stereocenters. The summed E-state index contributed by atoms with van der Waals surface area (Å²) >= 11 is 3.75. The van der Waals surface area contributed by atoms with Crippen LogP contribution in [-0.2, 0) is 14.6 Å². The molecule has 1 N–H and O–H groups in total. The smallest absolute Gasteiger partial charge is 0.288 e. The Hall–Kier alpha value is -1.38. The summed E-state index contributed by atoms with van der Waals surface area (Å²) in [6.07, 6.45) is 0. The maximum atomic E-state index is 12.7. The normalized spacial score (nSPS) is 19.0. The van der Waals surface area contributed by atoms with Crippen LogP contribution in [0.5, 0.6) is 0 Å². The van der Waals surface area contributed by atoms with Gasteiger partial charge in [-0.1, -0.05) is 40.2 Å². The van der Waals surface area contributed by atoms with Crippen LogP contribution in [-0.4, -0.2) is 24.1 Å². The lowest BCUT2D eigenvalue weighted by molar-refractivity contribution is -0.110. The molecular formula is C13H8BrNO4S2. The summed E-state index contributed by atoms with van der Waals surface area (Å²) < 4.78 is 26.1. The van der Waals surface area contributed by atoms with E-state index in [1.807, 2.05) is 0 Å². The second kappa shape index (κ2) is 5.11. The van der Waals surface area contributed by atoms with Crippen molar-refractivity contribution in [3.05, 3.63) is 40.9 Å². The Bertz CT molecular complexity index is 879. The average Bonchev–Trinajstić information content (AvgIpc) is 2.78. The number of hydrogen-bond donors (Lipinski definition) is 1. The summed E-state index contributed by atoms with van der Waals surface area (Å²) in [5.74, 6) is 0. The second-order valence-electron chi connectivity index (χ2n) is 4.37. The number of fused-ring (bicyclic) bond motifs is 1. The number of benzene rings is 2. The molecule has 1 atom stereocenters. The molecule has 2 aromatic rings. The van der Waals surface area contributed by atoms with Crippen LogP contribution < -0.4 is 5.32 Å². The van der Waals surface area contributed by atoms with Crippen molar-refractivity contribution < 1.29 is 18.0 Å². The van der Waals surface area contributed by atoms with Gasteiger partial charge in [-0.3, -0.25) is 9.59 Å². The highest BCUT2D eigenvalue weighted by molar-refractivity contribution is 9.10. The minimum Gasteiger partial charge on any atom is -0.323 e. The number of carbonyl (C=O) groups excluding carboxylic acids is 2. The van der Waals surface area contributed by atoms with Crippen molar-refractivity contribution in [2.45, 2.75) is 10.3 Å². The molecule has 1 fully saturated rings. The first-order valence-electron chi connectivity index (χ1n) is 5.84. The van der Waals surface area contributed by atoms with Crippen molar-refractivity contribution in [2.24, 2.45) is 0 Å². The van der Waals surface area contributed by atoms with Crippen LogP contribution in [0.2, 0.25) is 0 Å². The lowest BCUT2D eigenvalue weighted by Gasteiger charge is -2.12. The molecule has 1 heterocycles. The fourth-order valence-corrected chi connectivity index (χ4v) is 5.31. The molecule has 1 aliphatic rings. The molecule has 1 aliphatic heterocycles. The van der Waals surface area contributed by atoms with Gasteiger partial charge in [0.05, 0.1) is 4.90 Å². The number of hydrogen-bond acceptors (Lipinski definition) is 5. The molecule has 0 aromatic heterocycles. The van der Waals surface area contributed by atoms with E-state index >= 15 is 0 Å². The van der Waals surface area contributed by atoms with Gasteiger partial charge in [-0.2, -0.15) is 0 Å². The lowest BCUT2D eigenvalue weighted by Crippen LogP contribution is -2.37. The molecule has 21 heavy (non-hydrogen) atoms. The van der Waals surface area contributed by atoms with Crippen LogP contribution in [0.3, 0.4) is 0 Å². The van der Waals surface area contributed by atoms with Gasteiger partial charge in [0.25, 0.3) is 5.24 Å². The topological polar surface area (TPSA) is 80.3 Å². The van der Waals surface area contributed by atoms with Crippen molar-refractivity contribution >= 4 is 58.7 Å². The van der Waals surface area contributed by atoms with Crippen molar-refractivity contribution in [3.8, 4) is 0 Å². The molecule has 0 aliphatic carbocycles. The van der Waals surface area contributed by atoms with E-state index in [2.05, 4.69) is 21.2 Å². The quantitative estimate of drug-likeness (QED) is 0.859. The molecule has 8 heteroatoms. The summed E-state index contributed by atoms with van der Waals surface area (Å²) in [7, 11) is -3.99. The maximum absolute atomic E-state index is 12.7. The standard InChI is InChI=1S/C13H8BrNO4S2/c14-9-5-1-4-8-7(9)3-2-6-10(8)21(18,19)11-12(16)20-13(17)15-11/h1-6,11H,(H,15,17). The van der Waals surface area contributed by atoms with E-state index in [9.17, 15) is 18.0 Å². The van der Waals surface area contributed by atoms with Crippen LogP contribution in [0.15, 0.2) is 45.8 Å². The Kier molecular flexibility index (Phi) is 3.54. The summed E-state index contributed by atoms with van der Waals surface area (Å²) in [5.41, 5.74) is 0. The summed E-state index contributed by atoms with van der Waals surface area (Å²) in [6.45, 7) is 0. The van der Waals surface area contributed by atoms with E-state index in [4.69, 9.17) is 0 Å². The lowest BCUT2D eigenvalue weighted by atomic mass is 10.1. The zero-order chi connectivity index (χ0) is 15.2. The van der Waals surface area contributed by atoms with Crippen molar-refractivity contribution in [2.75, 3.05) is 0 Å². The molecule has 108 valence electrons. The van der Waals surface area contributed by atoms with E-state index in [1.165, 1.54) is 6.07 Å².